The molecule has 0 aliphatic heterocycles. The Morgan fingerprint density at radius 3 is 2.71 bits per heavy atom. The lowest BCUT2D eigenvalue weighted by atomic mass is 10.2. The van der Waals surface area contributed by atoms with E-state index >= 15 is 0 Å². The van der Waals surface area contributed by atoms with Crippen LogP contribution in [0.2, 0.25) is 6.04 Å². The highest BCUT2D eigenvalue weighted by Crippen LogP contribution is 2.01. The van der Waals surface area contributed by atoms with Crippen molar-refractivity contribution in [2.24, 2.45) is 5.73 Å². The van der Waals surface area contributed by atoms with E-state index in [1.807, 2.05) is 6.07 Å². The van der Waals surface area contributed by atoms with Crippen molar-refractivity contribution in [3.63, 3.8) is 0 Å². The lowest BCUT2D eigenvalue weighted by molar-refractivity contribution is 0.498. The fraction of sp³-hybridized carbons (Fsp3) is 0.429. The van der Waals surface area contributed by atoms with Gasteiger partial charge in [-0.2, -0.15) is 0 Å². The molecule has 0 aliphatic rings. The van der Waals surface area contributed by atoms with Gasteiger partial charge < -0.3 is 10.3 Å². The summed E-state index contributed by atoms with van der Waals surface area (Å²) >= 11 is 0. The van der Waals surface area contributed by atoms with Crippen LogP contribution in [-0.2, 0) is 0 Å². The summed E-state index contributed by atoms with van der Waals surface area (Å²) in [5.41, 5.74) is 6.90. The van der Waals surface area contributed by atoms with Crippen LogP contribution in [0.5, 0.6) is 0 Å². The van der Waals surface area contributed by atoms with Crippen molar-refractivity contribution in [1.82, 2.24) is 4.57 Å². The Labute approximate surface area is 107 Å². The summed E-state index contributed by atoms with van der Waals surface area (Å²) in [6.07, 6.45) is 5.71. The van der Waals surface area contributed by atoms with Crippen molar-refractivity contribution in [1.29, 1.82) is 0 Å². The SMILES string of the molecule is CCC[SiH]N(CC=Cc1ccccc1)CCN. The smallest absolute Gasteiger partial charge is 0.117 e. The normalized spacial score (nSPS) is 11.5. The average Bonchev–Trinajstić information content (AvgIpc) is 2.37. The standard InChI is InChI=1S/C14H23N2Si/c1-2-13-17-16(12-10-15)11-6-9-14-7-4-3-5-8-14/h3-9,17H,2,10-13,15H2,1H3. The molecule has 0 unspecified atom stereocenters. The first kappa shape index (κ1) is 14.2. The highest BCUT2D eigenvalue weighted by molar-refractivity contribution is 6.31. The number of hydrogen-bond acceptors (Lipinski definition) is 2. The van der Waals surface area contributed by atoms with Crippen molar-refractivity contribution in [2.45, 2.75) is 19.4 Å². The number of nitrogens with zero attached hydrogens (tertiary/aromatic N) is 1. The summed E-state index contributed by atoms with van der Waals surface area (Å²) in [6.45, 7) is 5.05. The van der Waals surface area contributed by atoms with Crippen LogP contribution >= 0.6 is 0 Å². The molecule has 0 spiro atoms. The largest absolute Gasteiger partial charge is 0.329 e. The van der Waals surface area contributed by atoms with E-state index in [0.717, 1.165) is 19.6 Å². The summed E-state index contributed by atoms with van der Waals surface area (Å²) in [5, 5.41) is 0. The topological polar surface area (TPSA) is 29.3 Å². The van der Waals surface area contributed by atoms with E-state index in [9.17, 15) is 0 Å². The Balaban J connectivity index is 2.37. The van der Waals surface area contributed by atoms with Crippen LogP contribution in [0.25, 0.3) is 6.08 Å². The maximum absolute atomic E-state index is 5.63. The second-order valence-corrected chi connectivity index (χ2v) is 5.74. The predicted octanol–water partition coefficient (Wildman–Crippen LogP) is 2.14. The molecule has 0 saturated heterocycles. The minimum atomic E-state index is 0.408. The van der Waals surface area contributed by atoms with Gasteiger partial charge in [0.15, 0.2) is 0 Å². The molecular formula is C14H23N2Si. The molecule has 1 radical (unpaired) electrons. The molecule has 3 heteroatoms. The Hall–Kier alpha value is -0.903. The predicted molar refractivity (Wildman–Crippen MR) is 78.4 cm³/mol. The molecule has 0 atom stereocenters. The summed E-state index contributed by atoms with van der Waals surface area (Å²) in [7, 11) is 0.408. The van der Waals surface area contributed by atoms with E-state index in [1.165, 1.54) is 18.0 Å². The Bertz CT molecular complexity index is 311. The van der Waals surface area contributed by atoms with E-state index in [1.54, 1.807) is 0 Å². The molecule has 1 aromatic rings. The van der Waals surface area contributed by atoms with Crippen molar-refractivity contribution in [3.8, 4) is 0 Å². The van der Waals surface area contributed by atoms with Crippen molar-refractivity contribution < 1.29 is 0 Å². The van der Waals surface area contributed by atoms with Gasteiger partial charge in [0.1, 0.15) is 9.68 Å². The van der Waals surface area contributed by atoms with E-state index in [4.69, 9.17) is 5.73 Å². The van der Waals surface area contributed by atoms with Gasteiger partial charge in [-0.1, -0.05) is 55.8 Å². The molecule has 1 rings (SSSR count). The number of hydrogen-bond donors (Lipinski definition) is 1. The molecule has 0 bridgehead atoms. The summed E-state index contributed by atoms with van der Waals surface area (Å²) in [5.74, 6) is 0. The number of benzene rings is 1. The first-order valence-electron chi connectivity index (χ1n) is 6.36. The van der Waals surface area contributed by atoms with Crippen molar-refractivity contribution >= 4 is 15.8 Å². The zero-order chi connectivity index (χ0) is 12.3. The number of nitrogens with two attached hydrogens (primary N) is 1. The number of rotatable bonds is 8. The average molecular weight is 247 g/mol. The first-order valence-corrected chi connectivity index (χ1v) is 7.69. The summed E-state index contributed by atoms with van der Waals surface area (Å²) < 4.78 is 2.49. The molecule has 2 nitrogen and oxygen atoms in total. The monoisotopic (exact) mass is 247 g/mol. The van der Waals surface area contributed by atoms with E-state index in [-0.39, 0.29) is 0 Å². The second-order valence-electron chi connectivity index (χ2n) is 4.07. The maximum Gasteiger partial charge on any atom is 0.117 e. The third-order valence-electron chi connectivity index (χ3n) is 2.54. The third kappa shape index (κ3) is 6.41. The Morgan fingerprint density at radius 2 is 2.06 bits per heavy atom. The van der Waals surface area contributed by atoms with Gasteiger partial charge in [0, 0.05) is 19.6 Å². The minimum Gasteiger partial charge on any atom is -0.329 e. The Kier molecular flexibility index (Phi) is 7.63. The van der Waals surface area contributed by atoms with Crippen molar-refractivity contribution in [2.75, 3.05) is 19.6 Å². The van der Waals surface area contributed by atoms with Crippen LogP contribution in [0.15, 0.2) is 36.4 Å². The summed E-state index contributed by atoms with van der Waals surface area (Å²) in [4.78, 5) is 0. The van der Waals surface area contributed by atoms with Gasteiger partial charge in [0.25, 0.3) is 0 Å². The van der Waals surface area contributed by atoms with Crippen LogP contribution in [0, 0.1) is 0 Å². The van der Waals surface area contributed by atoms with E-state index in [0.29, 0.717) is 9.68 Å². The highest BCUT2D eigenvalue weighted by Gasteiger charge is 2.00. The summed E-state index contributed by atoms with van der Waals surface area (Å²) in [6, 6.07) is 11.8. The first-order chi connectivity index (χ1) is 8.36. The second kappa shape index (κ2) is 9.16. The minimum absolute atomic E-state index is 0.408. The van der Waals surface area contributed by atoms with Gasteiger partial charge in [0.2, 0.25) is 0 Å². The fourth-order valence-electron chi connectivity index (χ4n) is 1.62. The molecule has 93 valence electrons. The van der Waals surface area contributed by atoms with Crippen LogP contribution < -0.4 is 5.73 Å². The molecule has 0 heterocycles. The molecule has 0 saturated carbocycles. The fourth-order valence-corrected chi connectivity index (χ4v) is 2.85. The molecule has 0 fully saturated rings. The zero-order valence-corrected chi connectivity index (χ0v) is 11.8. The lowest BCUT2D eigenvalue weighted by Gasteiger charge is -2.18. The Morgan fingerprint density at radius 1 is 1.29 bits per heavy atom. The van der Waals surface area contributed by atoms with E-state index < -0.39 is 0 Å². The van der Waals surface area contributed by atoms with Crippen LogP contribution in [0.3, 0.4) is 0 Å². The highest BCUT2D eigenvalue weighted by atomic mass is 28.2. The van der Waals surface area contributed by atoms with E-state index in [2.05, 4.69) is 47.9 Å². The van der Waals surface area contributed by atoms with Gasteiger partial charge in [-0.3, -0.25) is 0 Å². The van der Waals surface area contributed by atoms with Gasteiger partial charge in [0.05, 0.1) is 0 Å². The maximum atomic E-state index is 5.63. The van der Waals surface area contributed by atoms with Crippen LogP contribution in [0.4, 0.5) is 0 Å². The quantitative estimate of drug-likeness (QED) is 0.713. The van der Waals surface area contributed by atoms with Crippen LogP contribution in [0.1, 0.15) is 18.9 Å². The third-order valence-corrected chi connectivity index (χ3v) is 4.36. The molecule has 0 aromatic heterocycles. The van der Waals surface area contributed by atoms with Crippen molar-refractivity contribution in [3.05, 3.63) is 42.0 Å². The van der Waals surface area contributed by atoms with Gasteiger partial charge >= 0.3 is 0 Å². The molecule has 17 heavy (non-hydrogen) atoms. The van der Waals surface area contributed by atoms with Crippen LogP contribution in [-0.4, -0.2) is 33.9 Å². The zero-order valence-electron chi connectivity index (χ0n) is 10.7. The van der Waals surface area contributed by atoms with Gasteiger partial charge in [-0.05, 0) is 11.6 Å². The molecule has 0 amide bonds. The molecule has 2 N–H and O–H groups in total. The molecule has 0 aliphatic carbocycles. The lowest BCUT2D eigenvalue weighted by Crippen LogP contribution is -2.32. The van der Waals surface area contributed by atoms with Gasteiger partial charge in [-0.15, -0.1) is 0 Å². The molecular weight excluding hydrogens is 224 g/mol. The van der Waals surface area contributed by atoms with Gasteiger partial charge in [-0.25, -0.2) is 0 Å². The molecule has 1 aromatic carbocycles.